The highest BCUT2D eigenvalue weighted by Crippen LogP contribution is 2.49. The lowest BCUT2D eigenvalue weighted by Gasteiger charge is -2.47. The SMILES string of the molecule is Cc1nc(C)c(CN2CC[C@]3(C[C@@H]2C)OCCc2c3sc(Cl)c2CO)o1. The van der Waals surface area contributed by atoms with Gasteiger partial charge in [0.05, 0.1) is 29.8 Å². The number of likely N-dealkylation sites (tertiary alicyclic amines) is 1. The minimum atomic E-state index is -0.266. The van der Waals surface area contributed by atoms with Crippen LogP contribution in [-0.4, -0.2) is 34.2 Å². The summed E-state index contributed by atoms with van der Waals surface area (Å²) in [5, 5.41) is 9.69. The monoisotopic (exact) mass is 396 g/mol. The zero-order chi connectivity index (χ0) is 18.5. The van der Waals surface area contributed by atoms with Crippen LogP contribution in [0.2, 0.25) is 4.34 Å². The molecule has 1 saturated heterocycles. The van der Waals surface area contributed by atoms with E-state index in [9.17, 15) is 5.11 Å². The topological polar surface area (TPSA) is 58.7 Å². The van der Waals surface area contributed by atoms with E-state index in [1.165, 1.54) is 10.4 Å². The molecule has 2 atom stereocenters. The average Bonchev–Trinajstić information content (AvgIpc) is 3.09. The third-order valence-corrected chi connectivity index (χ3v) is 7.48. The average molecular weight is 397 g/mol. The molecule has 2 aromatic heterocycles. The van der Waals surface area contributed by atoms with Crippen molar-refractivity contribution >= 4 is 22.9 Å². The van der Waals surface area contributed by atoms with Gasteiger partial charge >= 0.3 is 0 Å². The van der Waals surface area contributed by atoms with Crippen LogP contribution in [0.25, 0.3) is 0 Å². The van der Waals surface area contributed by atoms with E-state index in [1.54, 1.807) is 11.3 Å². The van der Waals surface area contributed by atoms with Gasteiger partial charge in [0, 0.05) is 30.0 Å². The molecule has 1 fully saturated rings. The summed E-state index contributed by atoms with van der Waals surface area (Å²) < 4.78 is 12.8. The summed E-state index contributed by atoms with van der Waals surface area (Å²) in [5.41, 5.74) is 2.83. The Kier molecular flexibility index (Phi) is 4.90. The van der Waals surface area contributed by atoms with Gasteiger partial charge in [-0.2, -0.15) is 0 Å². The van der Waals surface area contributed by atoms with Gasteiger partial charge in [-0.25, -0.2) is 4.98 Å². The third kappa shape index (κ3) is 3.02. The molecular formula is C19H25ClN2O3S. The maximum Gasteiger partial charge on any atom is 0.191 e. The third-order valence-electron chi connectivity index (χ3n) is 5.77. The zero-order valence-electron chi connectivity index (χ0n) is 15.5. The number of aromatic nitrogens is 1. The van der Waals surface area contributed by atoms with Gasteiger partial charge in [0.15, 0.2) is 5.89 Å². The Hall–Kier alpha value is -0.920. The standard InChI is InChI=1S/C19H25ClN2O3S/c1-11-8-19(5-6-22(11)9-16-12(2)21-13(3)25-16)17-14(4-7-24-19)15(10-23)18(20)26-17/h11,23H,4-10H2,1-3H3/t11-,19+/m0/s1. The van der Waals surface area contributed by atoms with Crippen molar-refractivity contribution in [1.82, 2.24) is 9.88 Å². The Balaban J connectivity index is 1.57. The Morgan fingerprint density at radius 3 is 2.88 bits per heavy atom. The maximum atomic E-state index is 9.69. The van der Waals surface area contributed by atoms with Gasteiger partial charge < -0.3 is 14.3 Å². The van der Waals surface area contributed by atoms with Crippen LogP contribution in [0.3, 0.4) is 0 Å². The molecule has 0 amide bonds. The fourth-order valence-electron chi connectivity index (χ4n) is 4.40. The molecule has 2 aliphatic rings. The summed E-state index contributed by atoms with van der Waals surface area (Å²) in [4.78, 5) is 8.06. The summed E-state index contributed by atoms with van der Waals surface area (Å²) in [6.07, 6.45) is 2.69. The Labute approximate surface area is 162 Å². The van der Waals surface area contributed by atoms with Crippen molar-refractivity contribution in [3.63, 3.8) is 0 Å². The molecular weight excluding hydrogens is 372 g/mol. The number of piperidine rings is 1. The number of thiophene rings is 1. The molecule has 0 radical (unpaired) electrons. The molecule has 0 aliphatic carbocycles. The summed E-state index contributed by atoms with van der Waals surface area (Å²) in [6, 6.07) is 0.359. The maximum absolute atomic E-state index is 9.69. The van der Waals surface area contributed by atoms with Gasteiger partial charge in [-0.1, -0.05) is 11.6 Å². The molecule has 0 saturated carbocycles. The lowest BCUT2D eigenvalue weighted by atomic mass is 9.81. The molecule has 2 aromatic rings. The van der Waals surface area contributed by atoms with Crippen LogP contribution in [0.15, 0.2) is 4.42 Å². The van der Waals surface area contributed by atoms with Crippen LogP contribution in [0.4, 0.5) is 0 Å². The van der Waals surface area contributed by atoms with E-state index in [1.807, 2.05) is 13.8 Å². The summed E-state index contributed by atoms with van der Waals surface area (Å²) >= 11 is 8.00. The van der Waals surface area contributed by atoms with Crippen molar-refractivity contribution in [3.05, 3.63) is 37.7 Å². The summed E-state index contributed by atoms with van der Waals surface area (Å²) in [5.74, 6) is 1.68. The van der Waals surface area contributed by atoms with Crippen LogP contribution in [0.5, 0.6) is 0 Å². The van der Waals surface area contributed by atoms with Crippen LogP contribution in [0.1, 0.15) is 53.1 Å². The van der Waals surface area contributed by atoms with E-state index >= 15 is 0 Å². The number of rotatable bonds is 3. The van der Waals surface area contributed by atoms with Crippen molar-refractivity contribution in [2.45, 2.75) is 64.8 Å². The quantitative estimate of drug-likeness (QED) is 0.851. The smallest absolute Gasteiger partial charge is 0.191 e. The Morgan fingerprint density at radius 1 is 1.42 bits per heavy atom. The van der Waals surface area contributed by atoms with Crippen LogP contribution in [0, 0.1) is 13.8 Å². The number of hydrogen-bond donors (Lipinski definition) is 1. The fraction of sp³-hybridized carbons (Fsp3) is 0.632. The van der Waals surface area contributed by atoms with Crippen molar-refractivity contribution in [2.24, 2.45) is 0 Å². The molecule has 4 heterocycles. The number of oxazole rings is 1. The van der Waals surface area contributed by atoms with Crippen molar-refractivity contribution in [2.75, 3.05) is 13.2 Å². The molecule has 0 aromatic carbocycles. The van der Waals surface area contributed by atoms with E-state index in [-0.39, 0.29) is 12.2 Å². The molecule has 4 rings (SSSR count). The number of halogens is 1. The first-order chi connectivity index (χ1) is 12.4. The number of nitrogens with zero attached hydrogens (tertiary/aromatic N) is 2. The number of fused-ring (bicyclic) bond motifs is 2. The minimum absolute atomic E-state index is 0.00649. The highest BCUT2D eigenvalue weighted by molar-refractivity contribution is 7.16. The first kappa shape index (κ1) is 18.4. The second-order valence-electron chi connectivity index (χ2n) is 7.43. The minimum Gasteiger partial charge on any atom is -0.444 e. The molecule has 0 unspecified atom stereocenters. The predicted octanol–water partition coefficient (Wildman–Crippen LogP) is 3.95. The Morgan fingerprint density at radius 2 is 2.23 bits per heavy atom. The first-order valence-corrected chi connectivity index (χ1v) is 10.4. The van der Waals surface area contributed by atoms with Crippen LogP contribution >= 0.6 is 22.9 Å². The van der Waals surface area contributed by atoms with Gasteiger partial charge in [0.1, 0.15) is 11.4 Å². The molecule has 5 nitrogen and oxygen atoms in total. The highest BCUT2D eigenvalue weighted by Gasteiger charge is 2.45. The molecule has 26 heavy (non-hydrogen) atoms. The van der Waals surface area contributed by atoms with Gasteiger partial charge in [0.25, 0.3) is 0 Å². The lowest BCUT2D eigenvalue weighted by molar-refractivity contribution is -0.111. The summed E-state index contributed by atoms with van der Waals surface area (Å²) in [6.45, 7) is 8.56. The second-order valence-corrected chi connectivity index (χ2v) is 9.05. The number of hydrogen-bond acceptors (Lipinski definition) is 6. The molecule has 0 bridgehead atoms. The van der Waals surface area contributed by atoms with Crippen molar-refractivity contribution < 1.29 is 14.3 Å². The van der Waals surface area contributed by atoms with E-state index in [0.717, 1.165) is 55.3 Å². The number of aliphatic hydroxyl groups excluding tert-OH is 1. The molecule has 142 valence electrons. The highest BCUT2D eigenvalue weighted by atomic mass is 35.5. The summed E-state index contributed by atoms with van der Waals surface area (Å²) in [7, 11) is 0. The van der Waals surface area contributed by atoms with Gasteiger partial charge in [-0.3, -0.25) is 4.90 Å². The number of aliphatic hydroxyl groups is 1. The fourth-order valence-corrected chi connectivity index (χ4v) is 6.08. The van der Waals surface area contributed by atoms with Crippen molar-refractivity contribution in [3.8, 4) is 0 Å². The predicted molar refractivity (Wildman–Crippen MR) is 102 cm³/mol. The van der Waals surface area contributed by atoms with E-state index < -0.39 is 0 Å². The molecule has 1 N–H and O–H groups in total. The van der Waals surface area contributed by atoms with E-state index in [4.69, 9.17) is 20.8 Å². The molecule has 2 aliphatic heterocycles. The van der Waals surface area contributed by atoms with E-state index in [2.05, 4.69) is 16.8 Å². The van der Waals surface area contributed by atoms with Crippen molar-refractivity contribution in [1.29, 1.82) is 0 Å². The van der Waals surface area contributed by atoms with Gasteiger partial charge in [0.2, 0.25) is 0 Å². The second kappa shape index (κ2) is 6.91. The molecule has 1 spiro atoms. The van der Waals surface area contributed by atoms with Gasteiger partial charge in [-0.05, 0) is 38.7 Å². The first-order valence-electron chi connectivity index (χ1n) is 9.16. The normalized spacial score (nSPS) is 26.4. The van der Waals surface area contributed by atoms with Crippen LogP contribution in [-0.2, 0) is 29.9 Å². The van der Waals surface area contributed by atoms with Crippen LogP contribution < -0.4 is 0 Å². The molecule has 7 heteroatoms. The number of aryl methyl sites for hydroxylation is 2. The Bertz CT molecular complexity index is 818. The van der Waals surface area contributed by atoms with Gasteiger partial charge in [-0.15, -0.1) is 11.3 Å². The van der Waals surface area contributed by atoms with E-state index in [0.29, 0.717) is 17.0 Å². The lowest BCUT2D eigenvalue weighted by Crippen LogP contribution is -2.50. The largest absolute Gasteiger partial charge is 0.444 e. The zero-order valence-corrected chi connectivity index (χ0v) is 17.0. The number of ether oxygens (including phenoxy) is 1.